The second-order valence-corrected chi connectivity index (χ2v) is 8.52. The van der Waals surface area contributed by atoms with Gasteiger partial charge in [0.15, 0.2) is 6.10 Å². The van der Waals surface area contributed by atoms with Gasteiger partial charge in [-0.05, 0) is 68.1 Å². The SMILES string of the molecule is Cc1cccc(Oc2ccc(CCC(=O)N[C@@H](C)C(=O)O[C@H](C)C(=O)OCc3ccccc3)cc2)c1. The normalized spacial score (nSPS) is 12.2. The quantitative estimate of drug-likeness (QED) is 0.385. The number of hydrogen-bond donors (Lipinski definition) is 1. The Morgan fingerprint density at radius 2 is 1.53 bits per heavy atom. The molecule has 0 aliphatic rings. The lowest BCUT2D eigenvalue weighted by atomic mass is 10.1. The zero-order valence-electron chi connectivity index (χ0n) is 20.7. The number of hydrogen-bond acceptors (Lipinski definition) is 6. The lowest BCUT2D eigenvalue weighted by Crippen LogP contribution is -2.41. The van der Waals surface area contributed by atoms with Crippen LogP contribution in [0.15, 0.2) is 78.9 Å². The van der Waals surface area contributed by atoms with Crippen molar-refractivity contribution in [2.24, 2.45) is 0 Å². The molecule has 0 aliphatic heterocycles. The van der Waals surface area contributed by atoms with Crippen molar-refractivity contribution in [3.63, 3.8) is 0 Å². The van der Waals surface area contributed by atoms with Crippen molar-refractivity contribution in [3.8, 4) is 11.5 Å². The van der Waals surface area contributed by atoms with Gasteiger partial charge in [-0.25, -0.2) is 9.59 Å². The van der Waals surface area contributed by atoms with Crippen molar-refractivity contribution in [1.29, 1.82) is 0 Å². The third-order valence-electron chi connectivity index (χ3n) is 5.37. The Kier molecular flexibility index (Phi) is 9.63. The van der Waals surface area contributed by atoms with E-state index in [4.69, 9.17) is 14.2 Å². The molecule has 1 N–H and O–H groups in total. The van der Waals surface area contributed by atoms with Crippen molar-refractivity contribution >= 4 is 17.8 Å². The van der Waals surface area contributed by atoms with Crippen LogP contribution < -0.4 is 10.1 Å². The van der Waals surface area contributed by atoms with Crippen LogP contribution in [0.1, 0.15) is 37.0 Å². The van der Waals surface area contributed by atoms with Crippen LogP contribution in [0.2, 0.25) is 0 Å². The summed E-state index contributed by atoms with van der Waals surface area (Å²) in [6, 6.07) is 23.6. The fourth-order valence-corrected chi connectivity index (χ4v) is 3.34. The fourth-order valence-electron chi connectivity index (χ4n) is 3.34. The predicted octanol–water partition coefficient (Wildman–Crippen LogP) is 4.90. The summed E-state index contributed by atoms with van der Waals surface area (Å²) in [4.78, 5) is 36.7. The molecule has 0 aromatic heterocycles. The first kappa shape index (κ1) is 26.5. The van der Waals surface area contributed by atoms with Gasteiger partial charge in [-0.15, -0.1) is 0 Å². The Morgan fingerprint density at radius 1 is 0.806 bits per heavy atom. The first-order valence-corrected chi connectivity index (χ1v) is 11.8. The molecule has 0 bridgehead atoms. The number of benzene rings is 3. The van der Waals surface area contributed by atoms with E-state index in [1.54, 1.807) is 0 Å². The molecule has 0 heterocycles. The molecular weight excluding hydrogens is 458 g/mol. The van der Waals surface area contributed by atoms with E-state index in [1.807, 2.05) is 85.8 Å². The monoisotopic (exact) mass is 489 g/mol. The Balaban J connectivity index is 1.38. The summed E-state index contributed by atoms with van der Waals surface area (Å²) in [6.07, 6.45) is -0.383. The second kappa shape index (κ2) is 13.1. The Bertz CT molecular complexity index is 1160. The number of ether oxygens (including phenoxy) is 3. The third kappa shape index (κ3) is 8.58. The molecule has 3 aromatic rings. The highest BCUT2D eigenvalue weighted by molar-refractivity contribution is 5.86. The largest absolute Gasteiger partial charge is 0.458 e. The standard InChI is InChI=1S/C29H31NO6/c1-20-8-7-11-26(18-20)36-25-15-12-23(13-16-25)14-17-27(31)30-21(2)28(32)35-22(3)29(33)34-19-24-9-5-4-6-10-24/h4-13,15-16,18,21-22H,14,17,19H2,1-3H3,(H,30,31)/t21-,22+/m0/s1. The molecule has 0 radical (unpaired) electrons. The lowest BCUT2D eigenvalue weighted by molar-refractivity contribution is -0.168. The number of amides is 1. The van der Waals surface area contributed by atoms with Crippen LogP contribution in [-0.2, 0) is 36.9 Å². The number of carbonyl (C=O) groups excluding carboxylic acids is 3. The first-order chi connectivity index (χ1) is 17.3. The molecule has 0 unspecified atom stereocenters. The van der Waals surface area contributed by atoms with Gasteiger partial charge in [0.25, 0.3) is 0 Å². The van der Waals surface area contributed by atoms with Gasteiger partial charge in [0.1, 0.15) is 24.1 Å². The maximum Gasteiger partial charge on any atom is 0.347 e. The van der Waals surface area contributed by atoms with Crippen LogP contribution in [0.4, 0.5) is 0 Å². The number of aryl methyl sites for hydroxylation is 2. The highest BCUT2D eigenvalue weighted by Gasteiger charge is 2.24. The molecular formula is C29H31NO6. The minimum atomic E-state index is -1.08. The van der Waals surface area contributed by atoms with Crippen molar-refractivity contribution in [1.82, 2.24) is 5.32 Å². The average Bonchev–Trinajstić information content (AvgIpc) is 2.87. The first-order valence-electron chi connectivity index (χ1n) is 11.8. The number of carbonyl (C=O) groups is 3. The summed E-state index contributed by atoms with van der Waals surface area (Å²) >= 11 is 0. The molecule has 0 saturated carbocycles. The van der Waals surface area contributed by atoms with Gasteiger partial charge in [0.05, 0.1) is 0 Å². The van der Waals surface area contributed by atoms with Gasteiger partial charge >= 0.3 is 11.9 Å². The van der Waals surface area contributed by atoms with Gasteiger partial charge < -0.3 is 19.5 Å². The van der Waals surface area contributed by atoms with Gasteiger partial charge in [-0.2, -0.15) is 0 Å². The topological polar surface area (TPSA) is 90.9 Å². The predicted molar refractivity (Wildman–Crippen MR) is 135 cm³/mol. The minimum absolute atomic E-state index is 0.0902. The van der Waals surface area contributed by atoms with Crippen molar-refractivity contribution < 1.29 is 28.6 Å². The van der Waals surface area contributed by atoms with Crippen LogP contribution >= 0.6 is 0 Å². The van der Waals surface area contributed by atoms with Gasteiger partial charge in [-0.3, -0.25) is 4.79 Å². The molecule has 1 amide bonds. The van der Waals surface area contributed by atoms with E-state index in [9.17, 15) is 14.4 Å². The van der Waals surface area contributed by atoms with E-state index >= 15 is 0 Å². The smallest absolute Gasteiger partial charge is 0.347 e. The van der Waals surface area contributed by atoms with Crippen molar-refractivity contribution in [3.05, 3.63) is 95.6 Å². The summed E-state index contributed by atoms with van der Waals surface area (Å²) in [5.74, 6) is -0.173. The Morgan fingerprint density at radius 3 is 2.22 bits per heavy atom. The summed E-state index contributed by atoms with van der Waals surface area (Å²) in [5.41, 5.74) is 2.91. The van der Waals surface area contributed by atoms with E-state index in [1.165, 1.54) is 13.8 Å². The van der Waals surface area contributed by atoms with Gasteiger partial charge in [0.2, 0.25) is 5.91 Å². The summed E-state index contributed by atoms with van der Waals surface area (Å²) in [7, 11) is 0. The highest BCUT2D eigenvalue weighted by Crippen LogP contribution is 2.22. The average molecular weight is 490 g/mol. The molecule has 7 nitrogen and oxygen atoms in total. The van der Waals surface area contributed by atoms with Crippen molar-refractivity contribution in [2.45, 2.75) is 52.4 Å². The summed E-state index contributed by atoms with van der Waals surface area (Å²) in [6.45, 7) is 5.04. The van der Waals surface area contributed by atoms with E-state index in [0.717, 1.165) is 22.4 Å². The van der Waals surface area contributed by atoms with E-state index in [2.05, 4.69) is 5.32 Å². The molecule has 7 heteroatoms. The zero-order chi connectivity index (χ0) is 25.9. The lowest BCUT2D eigenvalue weighted by Gasteiger charge is -2.17. The molecule has 0 saturated heterocycles. The summed E-state index contributed by atoms with van der Waals surface area (Å²) < 4.78 is 16.2. The Labute approximate surface area is 211 Å². The maximum atomic E-state index is 12.3. The highest BCUT2D eigenvalue weighted by atomic mass is 16.6. The molecule has 0 aliphatic carbocycles. The number of rotatable bonds is 11. The number of esters is 2. The molecule has 2 atom stereocenters. The minimum Gasteiger partial charge on any atom is -0.458 e. The van der Waals surface area contributed by atoms with E-state index < -0.39 is 24.1 Å². The molecule has 3 rings (SSSR count). The van der Waals surface area contributed by atoms with Crippen LogP contribution in [0.3, 0.4) is 0 Å². The maximum absolute atomic E-state index is 12.3. The molecule has 0 spiro atoms. The van der Waals surface area contributed by atoms with Crippen molar-refractivity contribution in [2.75, 3.05) is 0 Å². The Hall–Kier alpha value is -4.13. The third-order valence-corrected chi connectivity index (χ3v) is 5.37. The van der Waals surface area contributed by atoms with Crippen LogP contribution in [0.5, 0.6) is 11.5 Å². The summed E-state index contributed by atoms with van der Waals surface area (Å²) in [5, 5.41) is 2.61. The fraction of sp³-hybridized carbons (Fsp3) is 0.276. The van der Waals surface area contributed by atoms with Crippen LogP contribution in [0.25, 0.3) is 0 Å². The van der Waals surface area contributed by atoms with E-state index in [0.29, 0.717) is 12.2 Å². The van der Waals surface area contributed by atoms with Gasteiger partial charge in [-0.1, -0.05) is 54.6 Å². The molecule has 0 fully saturated rings. The molecule has 188 valence electrons. The zero-order valence-corrected chi connectivity index (χ0v) is 20.7. The number of nitrogens with one attached hydrogen (secondary N) is 1. The van der Waals surface area contributed by atoms with Crippen LogP contribution in [0, 0.1) is 6.92 Å². The molecule has 3 aromatic carbocycles. The van der Waals surface area contributed by atoms with Crippen LogP contribution in [-0.4, -0.2) is 30.0 Å². The van der Waals surface area contributed by atoms with E-state index in [-0.39, 0.29) is 18.9 Å². The second-order valence-electron chi connectivity index (χ2n) is 8.52. The molecule has 36 heavy (non-hydrogen) atoms. The van der Waals surface area contributed by atoms with Gasteiger partial charge in [0, 0.05) is 6.42 Å².